The molecule has 0 unspecified atom stereocenters. The molecule has 0 saturated carbocycles. The summed E-state index contributed by atoms with van der Waals surface area (Å²) in [7, 11) is -3.77. The maximum Gasteiger partial charge on any atom is 0.491 e. The molecule has 1 aliphatic heterocycles. The lowest BCUT2D eigenvalue weighted by atomic mass is 10.1. The van der Waals surface area contributed by atoms with Gasteiger partial charge in [-0.25, -0.2) is 22.8 Å². The van der Waals surface area contributed by atoms with Crippen molar-refractivity contribution in [2.24, 2.45) is 0 Å². The normalized spacial score (nSPS) is 14.3. The van der Waals surface area contributed by atoms with Crippen molar-refractivity contribution in [2.75, 3.05) is 19.8 Å². The first-order valence-corrected chi connectivity index (χ1v) is 13.0. The van der Waals surface area contributed by atoms with E-state index in [1.807, 2.05) is 0 Å². The van der Waals surface area contributed by atoms with Gasteiger partial charge in [0.2, 0.25) is 9.84 Å². The Kier molecular flexibility index (Phi) is 8.86. The minimum atomic E-state index is -5.25. The minimum absolute atomic E-state index is 0.00168. The fourth-order valence-electron chi connectivity index (χ4n) is 3.38. The number of sulfone groups is 1. The van der Waals surface area contributed by atoms with Crippen LogP contribution in [-0.4, -0.2) is 57.9 Å². The summed E-state index contributed by atoms with van der Waals surface area (Å²) in [5.41, 5.74) is -0.336. The SMILES string of the molecule is CC(C)(C)OC(=O)c1ccc(OC(=O)C(F)(F)F)c(CCOCC(=O)OCC2=Cc3ccccc3S2(=O)=O)c1. The highest BCUT2D eigenvalue weighted by Gasteiger charge is 2.41. The molecule has 0 bridgehead atoms. The zero-order chi connectivity index (χ0) is 29.0. The molecule has 0 amide bonds. The number of fused-ring (bicyclic) bond motifs is 1. The van der Waals surface area contributed by atoms with E-state index in [0.717, 1.165) is 12.1 Å². The second-order valence-electron chi connectivity index (χ2n) is 9.33. The number of carbonyl (C=O) groups is 3. The molecule has 0 saturated heterocycles. The number of benzene rings is 2. The van der Waals surface area contributed by atoms with Crippen molar-refractivity contribution < 1.29 is 54.9 Å². The van der Waals surface area contributed by atoms with Crippen molar-refractivity contribution >= 4 is 33.8 Å². The van der Waals surface area contributed by atoms with E-state index in [-0.39, 0.29) is 34.0 Å². The van der Waals surface area contributed by atoms with Crippen LogP contribution in [0.3, 0.4) is 0 Å². The Balaban J connectivity index is 1.59. The van der Waals surface area contributed by atoms with Crippen molar-refractivity contribution in [2.45, 2.75) is 43.9 Å². The van der Waals surface area contributed by atoms with E-state index in [2.05, 4.69) is 4.74 Å². The molecular formula is C26H25F3O9S. The molecule has 9 nitrogen and oxygen atoms in total. The quantitative estimate of drug-likeness (QED) is 0.250. The third-order valence-corrected chi connectivity index (χ3v) is 6.99. The van der Waals surface area contributed by atoms with Gasteiger partial charge in [0.15, 0.2) is 0 Å². The number of hydrogen-bond donors (Lipinski definition) is 0. The summed E-state index contributed by atoms with van der Waals surface area (Å²) in [5.74, 6) is -4.53. The van der Waals surface area contributed by atoms with Crippen molar-refractivity contribution in [1.82, 2.24) is 0 Å². The molecular weight excluding hydrogens is 545 g/mol. The second-order valence-corrected chi connectivity index (χ2v) is 11.3. The Bertz CT molecular complexity index is 1400. The van der Waals surface area contributed by atoms with E-state index >= 15 is 0 Å². The third-order valence-electron chi connectivity index (χ3n) is 5.11. The summed E-state index contributed by atoms with van der Waals surface area (Å²) < 4.78 is 83.0. The van der Waals surface area contributed by atoms with Crippen LogP contribution in [0.2, 0.25) is 0 Å². The highest BCUT2D eigenvalue weighted by molar-refractivity contribution is 7.95. The Labute approximate surface area is 222 Å². The summed E-state index contributed by atoms with van der Waals surface area (Å²) in [6.45, 7) is 3.56. The summed E-state index contributed by atoms with van der Waals surface area (Å²) in [5, 5.41) is 0. The first kappa shape index (κ1) is 29.8. The van der Waals surface area contributed by atoms with Gasteiger partial charge in [0.25, 0.3) is 0 Å². The van der Waals surface area contributed by atoms with E-state index in [0.29, 0.717) is 5.56 Å². The molecule has 0 N–H and O–H groups in total. The van der Waals surface area contributed by atoms with Gasteiger partial charge in [0.1, 0.15) is 24.6 Å². The third kappa shape index (κ3) is 7.90. The molecule has 0 radical (unpaired) electrons. The maximum atomic E-state index is 12.7. The van der Waals surface area contributed by atoms with E-state index in [9.17, 15) is 36.0 Å². The summed E-state index contributed by atoms with van der Waals surface area (Å²) in [6, 6.07) is 9.68. The van der Waals surface area contributed by atoms with Crippen LogP contribution in [0.4, 0.5) is 13.2 Å². The zero-order valence-electron chi connectivity index (χ0n) is 21.2. The Morgan fingerprint density at radius 2 is 1.67 bits per heavy atom. The van der Waals surface area contributed by atoms with Crippen molar-refractivity contribution in [3.8, 4) is 5.75 Å². The average molecular weight is 571 g/mol. The summed E-state index contributed by atoms with van der Waals surface area (Å²) >= 11 is 0. The zero-order valence-corrected chi connectivity index (χ0v) is 22.0. The smallest absolute Gasteiger partial charge is 0.458 e. The van der Waals surface area contributed by atoms with Crippen LogP contribution >= 0.6 is 0 Å². The lowest BCUT2D eigenvalue weighted by Gasteiger charge is -2.20. The van der Waals surface area contributed by atoms with Crippen LogP contribution in [0.5, 0.6) is 5.75 Å². The molecule has 3 rings (SSSR count). The molecule has 0 aliphatic carbocycles. The standard InChI is InChI=1S/C26H25F3O9S/c1-25(2,3)38-23(31)18-8-9-20(37-24(32)26(27,28)29)16(12-18)10-11-35-15-22(30)36-14-19-13-17-6-4-5-7-21(17)39(19,33)34/h4-9,12-13H,10-11,14-15H2,1-3H3. The largest absolute Gasteiger partial charge is 0.491 e. The second kappa shape index (κ2) is 11.6. The van der Waals surface area contributed by atoms with Crippen molar-refractivity contribution in [3.05, 3.63) is 64.1 Å². The van der Waals surface area contributed by atoms with Gasteiger partial charge in [-0.1, -0.05) is 18.2 Å². The first-order chi connectivity index (χ1) is 18.1. The van der Waals surface area contributed by atoms with Crippen LogP contribution in [0.15, 0.2) is 52.3 Å². The van der Waals surface area contributed by atoms with Gasteiger partial charge in [-0.15, -0.1) is 0 Å². The van der Waals surface area contributed by atoms with Crippen molar-refractivity contribution in [1.29, 1.82) is 0 Å². The van der Waals surface area contributed by atoms with Crippen LogP contribution < -0.4 is 4.74 Å². The number of esters is 3. The van der Waals surface area contributed by atoms with Crippen LogP contribution in [0, 0.1) is 0 Å². The highest BCUT2D eigenvalue weighted by Crippen LogP contribution is 2.32. The van der Waals surface area contributed by atoms with Crippen LogP contribution in [0.1, 0.15) is 42.3 Å². The Morgan fingerprint density at radius 1 is 0.974 bits per heavy atom. The number of carbonyl (C=O) groups excluding carboxylic acids is 3. The number of halogens is 3. The van der Waals surface area contributed by atoms with E-state index < -0.39 is 58.5 Å². The van der Waals surface area contributed by atoms with Gasteiger partial charge in [-0.05, 0) is 68.7 Å². The number of rotatable bonds is 9. The molecule has 0 spiro atoms. The molecule has 0 atom stereocenters. The Hall–Kier alpha value is -3.71. The molecule has 13 heteroatoms. The molecule has 2 aromatic carbocycles. The molecule has 1 aliphatic rings. The van der Waals surface area contributed by atoms with Gasteiger partial charge in [0.05, 0.1) is 22.0 Å². The number of hydrogen-bond acceptors (Lipinski definition) is 9. The van der Waals surface area contributed by atoms with Crippen molar-refractivity contribution in [3.63, 3.8) is 0 Å². The number of ether oxygens (including phenoxy) is 4. The topological polar surface area (TPSA) is 122 Å². The van der Waals surface area contributed by atoms with E-state index in [4.69, 9.17) is 14.2 Å². The average Bonchev–Trinajstić information content (AvgIpc) is 3.09. The molecule has 1 heterocycles. The number of alkyl halides is 3. The van der Waals surface area contributed by atoms with Gasteiger partial charge in [-0.3, -0.25) is 0 Å². The minimum Gasteiger partial charge on any atom is -0.458 e. The van der Waals surface area contributed by atoms with Gasteiger partial charge < -0.3 is 18.9 Å². The van der Waals surface area contributed by atoms with E-state index in [1.54, 1.807) is 39.0 Å². The Morgan fingerprint density at radius 3 is 2.31 bits per heavy atom. The lowest BCUT2D eigenvalue weighted by molar-refractivity contribution is -0.189. The van der Waals surface area contributed by atoms with E-state index in [1.165, 1.54) is 18.2 Å². The molecule has 2 aromatic rings. The molecule has 0 aromatic heterocycles. The molecule has 210 valence electrons. The van der Waals surface area contributed by atoms with Crippen LogP contribution in [-0.2, 0) is 40.1 Å². The monoisotopic (exact) mass is 570 g/mol. The summed E-state index contributed by atoms with van der Waals surface area (Å²) in [4.78, 5) is 35.8. The van der Waals surface area contributed by atoms with Crippen LogP contribution in [0.25, 0.3) is 6.08 Å². The predicted molar refractivity (Wildman–Crippen MR) is 130 cm³/mol. The summed E-state index contributed by atoms with van der Waals surface area (Å²) in [6.07, 6.45) is -4.00. The lowest BCUT2D eigenvalue weighted by Crippen LogP contribution is -2.28. The highest BCUT2D eigenvalue weighted by atomic mass is 32.2. The predicted octanol–water partition coefficient (Wildman–Crippen LogP) is 4.04. The fraction of sp³-hybridized carbons (Fsp3) is 0.346. The van der Waals surface area contributed by atoms with Gasteiger partial charge in [0, 0.05) is 0 Å². The van der Waals surface area contributed by atoms with Gasteiger partial charge >= 0.3 is 24.1 Å². The van der Waals surface area contributed by atoms with Gasteiger partial charge in [-0.2, -0.15) is 13.2 Å². The fourth-order valence-corrected chi connectivity index (χ4v) is 4.86. The molecule has 39 heavy (non-hydrogen) atoms. The molecule has 0 fully saturated rings. The maximum absolute atomic E-state index is 12.7. The first-order valence-electron chi connectivity index (χ1n) is 11.5.